The molecule has 0 unspecified atom stereocenters. The fourth-order valence-electron chi connectivity index (χ4n) is 3.27. The monoisotopic (exact) mass is 382 g/mol. The second kappa shape index (κ2) is 7.26. The second-order valence-electron chi connectivity index (χ2n) is 6.39. The molecule has 0 atom stereocenters. The van der Waals surface area contributed by atoms with Crippen molar-refractivity contribution in [1.29, 1.82) is 0 Å². The largest absolute Gasteiger partial charge is 0.493 e. The summed E-state index contributed by atoms with van der Waals surface area (Å²) in [7, 11) is 3.14. The quantitative estimate of drug-likeness (QED) is 0.728. The van der Waals surface area contributed by atoms with E-state index in [9.17, 15) is 4.79 Å². The Balaban J connectivity index is 1.56. The van der Waals surface area contributed by atoms with Crippen LogP contribution in [0.4, 0.5) is 11.8 Å². The van der Waals surface area contributed by atoms with E-state index in [0.717, 1.165) is 0 Å². The van der Waals surface area contributed by atoms with E-state index in [0.29, 0.717) is 66.1 Å². The van der Waals surface area contributed by atoms with Crippen molar-refractivity contribution in [1.82, 2.24) is 14.9 Å². The van der Waals surface area contributed by atoms with Gasteiger partial charge in [0.05, 0.1) is 26.0 Å². The van der Waals surface area contributed by atoms with Crippen LogP contribution in [0.25, 0.3) is 10.9 Å². The van der Waals surface area contributed by atoms with Crippen LogP contribution in [-0.4, -0.2) is 61.2 Å². The number of nitrogens with zero attached hydrogens (tertiary/aromatic N) is 4. The molecule has 4 rings (SSSR count). The summed E-state index contributed by atoms with van der Waals surface area (Å²) in [6, 6.07) is 6.93. The van der Waals surface area contributed by atoms with Crippen molar-refractivity contribution in [3.63, 3.8) is 0 Å². The smallest absolute Gasteiger partial charge is 0.289 e. The standard InChI is InChI=1S/C19H21N5O4/c1-26-15-10-12-13(11-16(15)27-2)21-19(22-17(12)20)24-7-5-23(6-8-24)18(25)14-4-3-9-28-14/h3-4,9-11H,5-8H2,1-2H3,(H2,20,21,22)/i18-1. The number of fused-ring (bicyclic) bond motifs is 1. The average Bonchev–Trinajstić information content (AvgIpc) is 3.27. The Morgan fingerprint density at radius 3 is 2.46 bits per heavy atom. The number of furan rings is 1. The van der Waals surface area contributed by atoms with Crippen molar-refractivity contribution in [2.24, 2.45) is 0 Å². The molecule has 1 saturated heterocycles. The summed E-state index contributed by atoms with van der Waals surface area (Å²) in [6.07, 6.45) is 1.50. The molecule has 28 heavy (non-hydrogen) atoms. The van der Waals surface area contributed by atoms with Crippen LogP contribution >= 0.6 is 0 Å². The van der Waals surface area contributed by atoms with Gasteiger partial charge in [0.1, 0.15) is 5.82 Å². The van der Waals surface area contributed by atoms with Crippen molar-refractivity contribution in [3.8, 4) is 11.5 Å². The Morgan fingerprint density at radius 1 is 1.11 bits per heavy atom. The molecule has 0 aliphatic carbocycles. The highest BCUT2D eigenvalue weighted by Crippen LogP contribution is 2.34. The fraction of sp³-hybridized carbons (Fsp3) is 0.316. The Hall–Kier alpha value is -3.49. The zero-order valence-corrected chi connectivity index (χ0v) is 15.7. The highest BCUT2D eigenvalue weighted by molar-refractivity contribution is 5.92. The molecule has 2 aromatic heterocycles. The first-order valence-corrected chi connectivity index (χ1v) is 8.87. The first-order valence-electron chi connectivity index (χ1n) is 8.87. The lowest BCUT2D eigenvalue weighted by Gasteiger charge is -2.34. The molecule has 9 heteroatoms. The zero-order valence-electron chi connectivity index (χ0n) is 15.7. The highest BCUT2D eigenvalue weighted by atomic mass is 16.5. The summed E-state index contributed by atoms with van der Waals surface area (Å²) in [4.78, 5) is 25.3. The van der Waals surface area contributed by atoms with Gasteiger partial charge in [-0.2, -0.15) is 4.98 Å². The molecule has 1 aliphatic rings. The van der Waals surface area contributed by atoms with Crippen LogP contribution in [0.2, 0.25) is 0 Å². The lowest BCUT2D eigenvalue weighted by molar-refractivity contribution is 0.0714. The minimum absolute atomic E-state index is 0.111. The first-order chi connectivity index (χ1) is 13.6. The maximum Gasteiger partial charge on any atom is 0.289 e. The van der Waals surface area contributed by atoms with E-state index in [1.54, 1.807) is 43.4 Å². The minimum atomic E-state index is -0.111. The van der Waals surface area contributed by atoms with E-state index in [1.165, 1.54) is 6.26 Å². The summed E-state index contributed by atoms with van der Waals surface area (Å²) in [5.41, 5.74) is 6.84. The number of aromatic nitrogens is 2. The number of amides is 1. The number of ether oxygens (including phenoxy) is 2. The molecule has 0 bridgehead atoms. The molecule has 3 aromatic rings. The van der Waals surface area contributed by atoms with Gasteiger partial charge in [-0.25, -0.2) is 4.98 Å². The third kappa shape index (κ3) is 3.15. The molecule has 9 nitrogen and oxygen atoms in total. The van der Waals surface area contributed by atoms with Crippen LogP contribution in [0.3, 0.4) is 0 Å². The lowest BCUT2D eigenvalue weighted by atomic mass is 9.93. The molecule has 0 spiro atoms. The van der Waals surface area contributed by atoms with Gasteiger partial charge in [-0.1, -0.05) is 0 Å². The van der Waals surface area contributed by atoms with Crippen molar-refractivity contribution < 1.29 is 18.7 Å². The van der Waals surface area contributed by atoms with Crippen LogP contribution in [-0.2, 0) is 0 Å². The minimum Gasteiger partial charge on any atom is -0.493 e. The number of nitrogen functional groups attached to an aromatic ring is 1. The first kappa shape index (κ1) is 17.9. The summed E-state index contributed by atoms with van der Waals surface area (Å²) >= 11 is 0. The molecule has 1 aliphatic heterocycles. The van der Waals surface area contributed by atoms with E-state index in [-0.39, 0.29) is 5.91 Å². The average molecular weight is 382 g/mol. The van der Waals surface area contributed by atoms with E-state index in [2.05, 4.69) is 9.97 Å². The van der Waals surface area contributed by atoms with Crippen molar-refractivity contribution in [2.45, 2.75) is 0 Å². The van der Waals surface area contributed by atoms with E-state index in [1.807, 2.05) is 4.90 Å². The second-order valence-corrected chi connectivity index (χ2v) is 6.39. The molecular weight excluding hydrogens is 361 g/mol. The number of piperazine rings is 1. The van der Waals surface area contributed by atoms with Gasteiger partial charge < -0.3 is 29.4 Å². The molecule has 1 fully saturated rings. The van der Waals surface area contributed by atoms with Crippen LogP contribution in [0.1, 0.15) is 10.6 Å². The topological polar surface area (TPSA) is 107 Å². The summed E-state index contributed by atoms with van der Waals surface area (Å²) in [5, 5.41) is 0.702. The molecule has 146 valence electrons. The van der Waals surface area contributed by atoms with Crippen molar-refractivity contribution in [2.75, 3.05) is 51.0 Å². The van der Waals surface area contributed by atoms with Crippen LogP contribution in [0.5, 0.6) is 11.5 Å². The van der Waals surface area contributed by atoms with Gasteiger partial charge in [0.15, 0.2) is 17.3 Å². The Bertz CT molecular complexity index is 997. The van der Waals surface area contributed by atoms with E-state index < -0.39 is 0 Å². The number of carbonyl (C=O) groups excluding carboxylic acids is 1. The molecular formula is C19H21N5O4. The molecule has 0 radical (unpaired) electrons. The predicted octanol–water partition coefficient (Wildman–Crippen LogP) is 1.78. The summed E-state index contributed by atoms with van der Waals surface area (Å²) in [6.45, 7) is 2.30. The van der Waals surface area contributed by atoms with Gasteiger partial charge in [-0.15, -0.1) is 0 Å². The molecule has 1 aromatic carbocycles. The highest BCUT2D eigenvalue weighted by Gasteiger charge is 2.25. The Labute approximate surface area is 161 Å². The van der Waals surface area contributed by atoms with Crippen LogP contribution in [0, 0.1) is 0 Å². The van der Waals surface area contributed by atoms with Gasteiger partial charge >= 0.3 is 0 Å². The van der Waals surface area contributed by atoms with Gasteiger partial charge in [0, 0.05) is 37.6 Å². The molecule has 2 N–H and O–H groups in total. The number of hydrogen-bond acceptors (Lipinski definition) is 8. The fourth-order valence-corrected chi connectivity index (χ4v) is 3.27. The summed E-state index contributed by atoms with van der Waals surface area (Å²) < 4.78 is 15.9. The Kier molecular flexibility index (Phi) is 4.64. The number of hydrogen-bond donors (Lipinski definition) is 1. The summed E-state index contributed by atoms with van der Waals surface area (Å²) in [5.74, 6) is 2.29. The number of anilines is 2. The van der Waals surface area contributed by atoms with Gasteiger partial charge in [0.2, 0.25) is 5.95 Å². The third-order valence-electron chi connectivity index (χ3n) is 4.80. The Morgan fingerprint density at radius 2 is 1.82 bits per heavy atom. The maximum absolute atomic E-state index is 12.4. The normalized spacial score (nSPS) is 14.4. The number of nitrogens with two attached hydrogens (primary N) is 1. The van der Waals surface area contributed by atoms with E-state index >= 15 is 0 Å². The predicted molar refractivity (Wildman–Crippen MR) is 104 cm³/mol. The van der Waals surface area contributed by atoms with Gasteiger partial charge in [0.25, 0.3) is 5.91 Å². The molecule has 3 heterocycles. The maximum atomic E-state index is 12.4. The number of methoxy groups -OCH3 is 2. The number of rotatable bonds is 4. The van der Waals surface area contributed by atoms with Crippen LogP contribution < -0.4 is 20.1 Å². The molecule has 0 saturated carbocycles. The lowest BCUT2D eigenvalue weighted by Crippen LogP contribution is -2.49. The zero-order chi connectivity index (χ0) is 19.7. The van der Waals surface area contributed by atoms with Crippen molar-refractivity contribution >= 4 is 28.6 Å². The van der Waals surface area contributed by atoms with Gasteiger partial charge in [-0.05, 0) is 18.2 Å². The van der Waals surface area contributed by atoms with Crippen molar-refractivity contribution in [3.05, 3.63) is 36.3 Å². The van der Waals surface area contributed by atoms with Crippen LogP contribution in [0.15, 0.2) is 34.9 Å². The van der Waals surface area contributed by atoms with E-state index in [4.69, 9.17) is 19.6 Å². The third-order valence-corrected chi connectivity index (χ3v) is 4.80. The van der Waals surface area contributed by atoms with Gasteiger partial charge in [-0.3, -0.25) is 4.79 Å². The SMILES string of the molecule is COc1cc2nc(N3CCN([11C](=O)c4ccco4)CC3)nc(N)c2cc1OC. The molecule has 1 amide bonds. The number of benzene rings is 1. The number of carbonyl (C=O) groups is 1.